The van der Waals surface area contributed by atoms with E-state index < -0.39 is 11.9 Å². The molecular weight excluding hydrogens is 330 g/mol. The van der Waals surface area contributed by atoms with Crippen molar-refractivity contribution in [1.82, 2.24) is 15.3 Å². The van der Waals surface area contributed by atoms with E-state index >= 15 is 0 Å². The summed E-state index contributed by atoms with van der Waals surface area (Å²) in [5, 5.41) is 3.84. The molecule has 1 aromatic heterocycles. The minimum absolute atomic E-state index is 0.0284. The molecule has 2 aromatic rings. The Kier molecular flexibility index (Phi) is 2.53. The largest absolute Gasteiger partial charge is 0.348 e. The lowest BCUT2D eigenvalue weighted by molar-refractivity contribution is 0.211. The second-order valence-electron chi connectivity index (χ2n) is 5.27. The van der Waals surface area contributed by atoms with Crippen LogP contribution in [0.2, 0.25) is 0 Å². The molecule has 1 N–H and O–H groups in total. The van der Waals surface area contributed by atoms with Crippen molar-refractivity contribution in [2.75, 3.05) is 18.0 Å². The smallest absolute Gasteiger partial charge is 0.311 e. The number of benzene rings is 1. The number of fused-ring (bicyclic) bond motifs is 2. The topological polar surface area (TPSA) is 41.0 Å². The molecular formula is C13H11BrF2N4. The van der Waals surface area contributed by atoms with Crippen LogP contribution in [0, 0.1) is 18.8 Å². The standard InChI is InChI=1S/C13H11BrF2N4/c1-5-2-6-11(10(15)9(5)14)18-13(16)19-12(6)20-4-7-8(20)3-17-7/h2,7-8,17H,3-4H2,1H3. The SMILES string of the molecule is Cc1cc2c(N3CC4NCC43)nc(F)nc2c(F)c1Br. The molecule has 7 heteroatoms. The Morgan fingerprint density at radius 2 is 2.20 bits per heavy atom. The molecule has 0 amide bonds. The van der Waals surface area contributed by atoms with Gasteiger partial charge in [-0.05, 0) is 34.5 Å². The van der Waals surface area contributed by atoms with E-state index in [0.717, 1.165) is 18.7 Å². The van der Waals surface area contributed by atoms with E-state index in [1.165, 1.54) is 0 Å². The molecule has 3 heterocycles. The average Bonchev–Trinajstić information content (AvgIpc) is 2.40. The van der Waals surface area contributed by atoms with Gasteiger partial charge in [0.25, 0.3) is 0 Å². The summed E-state index contributed by atoms with van der Waals surface area (Å²) in [6.07, 6.45) is -0.891. The van der Waals surface area contributed by atoms with Gasteiger partial charge in [0.05, 0.1) is 10.5 Å². The molecule has 2 aliphatic rings. The molecule has 0 saturated carbocycles. The van der Waals surface area contributed by atoms with Gasteiger partial charge in [0.1, 0.15) is 11.3 Å². The van der Waals surface area contributed by atoms with Gasteiger partial charge in [-0.3, -0.25) is 0 Å². The van der Waals surface area contributed by atoms with Gasteiger partial charge in [0, 0.05) is 24.5 Å². The maximum atomic E-state index is 14.3. The van der Waals surface area contributed by atoms with E-state index in [0.29, 0.717) is 27.8 Å². The number of halogens is 3. The Hall–Kier alpha value is -1.34. The number of aromatic nitrogens is 2. The number of piperazine rings is 1. The fourth-order valence-corrected chi connectivity index (χ4v) is 3.17. The number of nitrogens with zero attached hydrogens (tertiary/aromatic N) is 3. The molecule has 2 saturated heterocycles. The van der Waals surface area contributed by atoms with Crippen molar-refractivity contribution in [3.05, 3.63) is 28.0 Å². The van der Waals surface area contributed by atoms with E-state index in [4.69, 9.17) is 0 Å². The van der Waals surface area contributed by atoms with Crippen molar-refractivity contribution in [3.8, 4) is 0 Å². The predicted octanol–water partition coefficient (Wildman–Crippen LogP) is 2.14. The summed E-state index contributed by atoms with van der Waals surface area (Å²) in [6, 6.07) is 2.58. The van der Waals surface area contributed by atoms with Crippen LogP contribution in [-0.4, -0.2) is 35.1 Å². The van der Waals surface area contributed by atoms with Gasteiger partial charge < -0.3 is 10.2 Å². The van der Waals surface area contributed by atoms with E-state index in [2.05, 4.69) is 31.2 Å². The molecule has 2 atom stereocenters. The van der Waals surface area contributed by atoms with Crippen molar-refractivity contribution in [2.45, 2.75) is 19.0 Å². The zero-order chi connectivity index (χ0) is 14.0. The van der Waals surface area contributed by atoms with Gasteiger partial charge in [-0.2, -0.15) is 14.4 Å². The van der Waals surface area contributed by atoms with Crippen LogP contribution in [0.1, 0.15) is 5.56 Å². The fraction of sp³-hybridized carbons (Fsp3) is 0.385. The lowest BCUT2D eigenvalue weighted by Crippen LogP contribution is -2.78. The van der Waals surface area contributed by atoms with E-state index in [-0.39, 0.29) is 5.52 Å². The Labute approximate surface area is 122 Å². The summed E-state index contributed by atoms with van der Waals surface area (Å²) in [4.78, 5) is 9.52. The number of hydrogen-bond donors (Lipinski definition) is 1. The van der Waals surface area contributed by atoms with Crippen molar-refractivity contribution < 1.29 is 8.78 Å². The maximum Gasteiger partial charge on any atom is 0.311 e. The highest BCUT2D eigenvalue weighted by Gasteiger charge is 2.46. The first-order chi connectivity index (χ1) is 9.56. The first-order valence-electron chi connectivity index (χ1n) is 6.38. The van der Waals surface area contributed by atoms with Crippen molar-refractivity contribution in [3.63, 3.8) is 0 Å². The predicted molar refractivity (Wildman–Crippen MR) is 74.8 cm³/mol. The van der Waals surface area contributed by atoms with E-state index in [9.17, 15) is 8.78 Å². The van der Waals surface area contributed by atoms with Crippen LogP contribution < -0.4 is 10.2 Å². The molecule has 2 fully saturated rings. The van der Waals surface area contributed by atoms with Gasteiger partial charge >= 0.3 is 6.08 Å². The van der Waals surface area contributed by atoms with Crippen molar-refractivity contribution >= 4 is 32.7 Å². The second-order valence-corrected chi connectivity index (χ2v) is 6.06. The molecule has 2 aliphatic heterocycles. The average molecular weight is 341 g/mol. The Bertz CT molecular complexity index is 736. The van der Waals surface area contributed by atoms with Gasteiger partial charge in [-0.25, -0.2) is 4.39 Å². The van der Waals surface area contributed by atoms with E-state index in [1.54, 1.807) is 13.0 Å². The highest BCUT2D eigenvalue weighted by Crippen LogP contribution is 2.37. The molecule has 1 aromatic carbocycles. The van der Waals surface area contributed by atoms with Gasteiger partial charge in [0.2, 0.25) is 0 Å². The van der Waals surface area contributed by atoms with Crippen LogP contribution in [0.5, 0.6) is 0 Å². The third kappa shape index (κ3) is 1.53. The Morgan fingerprint density at radius 3 is 2.80 bits per heavy atom. The number of hydrogen-bond acceptors (Lipinski definition) is 4. The fourth-order valence-electron chi connectivity index (χ4n) is 2.86. The van der Waals surface area contributed by atoms with Crippen molar-refractivity contribution in [2.24, 2.45) is 0 Å². The summed E-state index contributed by atoms with van der Waals surface area (Å²) in [7, 11) is 0. The van der Waals surface area contributed by atoms with Gasteiger partial charge in [-0.1, -0.05) is 0 Å². The van der Waals surface area contributed by atoms with Crippen LogP contribution in [0.15, 0.2) is 10.5 Å². The van der Waals surface area contributed by atoms with Crippen LogP contribution in [-0.2, 0) is 0 Å². The molecule has 0 spiro atoms. The summed E-state index contributed by atoms with van der Waals surface area (Å²) in [5.41, 5.74) is 0.774. The van der Waals surface area contributed by atoms with Crippen molar-refractivity contribution in [1.29, 1.82) is 0 Å². The number of nitrogens with one attached hydrogen (secondary N) is 1. The first kappa shape index (κ1) is 12.4. The minimum Gasteiger partial charge on any atom is -0.348 e. The molecule has 0 radical (unpaired) electrons. The second kappa shape index (κ2) is 4.08. The van der Waals surface area contributed by atoms with Crippen LogP contribution in [0.4, 0.5) is 14.6 Å². The third-order valence-electron chi connectivity index (χ3n) is 4.13. The molecule has 2 unspecified atom stereocenters. The monoisotopic (exact) mass is 340 g/mol. The molecule has 0 aliphatic carbocycles. The molecule has 0 bridgehead atoms. The minimum atomic E-state index is -0.891. The van der Waals surface area contributed by atoms with Crippen LogP contribution in [0.3, 0.4) is 0 Å². The summed E-state index contributed by atoms with van der Waals surface area (Å²) < 4.78 is 28.2. The normalized spacial score (nSPS) is 24.3. The summed E-state index contributed by atoms with van der Waals surface area (Å²) in [5.74, 6) is -0.0453. The van der Waals surface area contributed by atoms with Gasteiger partial charge in [0.15, 0.2) is 5.82 Å². The zero-order valence-corrected chi connectivity index (χ0v) is 12.2. The number of anilines is 1. The third-order valence-corrected chi connectivity index (χ3v) is 5.10. The van der Waals surface area contributed by atoms with E-state index in [1.807, 2.05) is 4.90 Å². The lowest BCUT2D eigenvalue weighted by Gasteiger charge is -2.56. The zero-order valence-electron chi connectivity index (χ0n) is 10.6. The molecule has 104 valence electrons. The molecule has 4 nitrogen and oxygen atoms in total. The summed E-state index contributed by atoms with van der Waals surface area (Å²) in [6.45, 7) is 3.42. The quantitative estimate of drug-likeness (QED) is 0.807. The highest BCUT2D eigenvalue weighted by molar-refractivity contribution is 9.10. The first-order valence-corrected chi connectivity index (χ1v) is 7.17. The Balaban J connectivity index is 1.95. The molecule has 20 heavy (non-hydrogen) atoms. The van der Waals surface area contributed by atoms with Crippen LogP contribution in [0.25, 0.3) is 10.9 Å². The van der Waals surface area contributed by atoms with Gasteiger partial charge in [-0.15, -0.1) is 0 Å². The number of aryl methyl sites for hydroxylation is 1. The Morgan fingerprint density at radius 1 is 1.40 bits per heavy atom. The maximum absolute atomic E-state index is 14.3. The number of rotatable bonds is 1. The summed E-state index contributed by atoms with van der Waals surface area (Å²) >= 11 is 3.17. The lowest BCUT2D eigenvalue weighted by atomic mass is 9.88. The highest BCUT2D eigenvalue weighted by atomic mass is 79.9. The molecule has 4 rings (SSSR count). The van der Waals surface area contributed by atoms with Crippen LogP contribution >= 0.6 is 15.9 Å².